The minimum atomic E-state index is -0.302. The zero-order valence-electron chi connectivity index (χ0n) is 34.1. The van der Waals surface area contributed by atoms with Crippen LogP contribution in [0.5, 0.6) is 11.8 Å². The van der Waals surface area contributed by atoms with E-state index < -0.39 is 0 Å². The zero-order valence-corrected chi connectivity index (χ0v) is 41.3. The predicted molar refractivity (Wildman–Crippen MR) is 257 cm³/mol. The summed E-state index contributed by atoms with van der Waals surface area (Å²) in [6, 6.07) is 16.1. The van der Waals surface area contributed by atoms with Crippen molar-refractivity contribution in [3.8, 4) is 22.9 Å². The SMILES string of the molecule is COc1nc(N)ccc1-c1cnn(C)c1.COc1nc(N)ccc1Br.Cn1cc(B2OC(C)(C)C(C)(C)O2)cn1.Nc1ccc(Br)c(Br)n1.Nc1cccc(Br)n1.[B]=NS. The molecular weight excluding hydrogens is 1050 g/mol. The van der Waals surface area contributed by atoms with Crippen molar-refractivity contribution in [2.45, 2.75) is 38.9 Å². The number of halogens is 4. The van der Waals surface area contributed by atoms with Crippen LogP contribution < -0.4 is 37.9 Å². The van der Waals surface area contributed by atoms with Crippen LogP contribution in [0.25, 0.3) is 11.1 Å². The van der Waals surface area contributed by atoms with E-state index in [0.717, 1.165) is 34.7 Å². The Balaban J connectivity index is 0.000000260. The topological polar surface area (TPSA) is 241 Å². The molecule has 0 aromatic carbocycles. The van der Waals surface area contributed by atoms with E-state index in [2.05, 4.69) is 119 Å². The third-order valence-electron chi connectivity index (χ3n) is 7.93. The van der Waals surface area contributed by atoms with Crippen molar-refractivity contribution >= 4 is 120 Å². The molecule has 24 heteroatoms. The van der Waals surface area contributed by atoms with Gasteiger partial charge in [-0.3, -0.25) is 9.36 Å². The van der Waals surface area contributed by atoms with E-state index in [1.807, 2.05) is 78.4 Å². The number of thiol groups is 1. The summed E-state index contributed by atoms with van der Waals surface area (Å²) < 4.78 is 31.2. The first kappa shape index (κ1) is 52.1. The second kappa shape index (κ2) is 25.0. The van der Waals surface area contributed by atoms with Gasteiger partial charge in [-0.1, -0.05) is 6.07 Å². The maximum absolute atomic E-state index is 5.89. The number of nitrogens with zero attached hydrogens (tertiary/aromatic N) is 9. The molecule has 17 nitrogen and oxygen atoms in total. The Morgan fingerprint density at radius 3 is 1.58 bits per heavy atom. The number of anilines is 4. The first-order chi connectivity index (χ1) is 28.2. The van der Waals surface area contributed by atoms with Crippen molar-refractivity contribution in [2.75, 3.05) is 37.2 Å². The van der Waals surface area contributed by atoms with Crippen LogP contribution in [0, 0.1) is 0 Å². The van der Waals surface area contributed by atoms with Gasteiger partial charge >= 0.3 is 31.9 Å². The van der Waals surface area contributed by atoms with E-state index in [9.17, 15) is 0 Å². The summed E-state index contributed by atoms with van der Waals surface area (Å²) in [4.78, 5) is 15.8. The van der Waals surface area contributed by atoms with E-state index in [-0.39, 0.29) is 18.3 Å². The molecule has 0 amide bonds. The third kappa shape index (κ3) is 17.1. The summed E-state index contributed by atoms with van der Waals surface area (Å²) in [5.41, 5.74) is 23.9. The van der Waals surface area contributed by atoms with Crippen LogP contribution in [0.3, 0.4) is 0 Å². The number of hydrogen-bond donors (Lipinski definition) is 5. The molecule has 319 valence electrons. The quantitative estimate of drug-likeness (QED) is 0.0677. The fraction of sp³-hybridized carbons (Fsp3) is 0.278. The Kier molecular flexibility index (Phi) is 21.7. The Labute approximate surface area is 390 Å². The van der Waals surface area contributed by atoms with Crippen LogP contribution in [0.2, 0.25) is 0 Å². The van der Waals surface area contributed by atoms with Gasteiger partial charge in [-0.2, -0.15) is 20.2 Å². The van der Waals surface area contributed by atoms with Gasteiger partial charge in [-0.25, -0.2) is 9.97 Å². The Morgan fingerprint density at radius 1 is 0.683 bits per heavy atom. The molecular formula is C36H46B2Br4N13O4S. The van der Waals surface area contributed by atoms with Gasteiger partial charge < -0.3 is 41.7 Å². The molecule has 0 aliphatic carbocycles. The summed E-state index contributed by atoms with van der Waals surface area (Å²) in [7, 11) is 10.9. The number of nitrogen functional groups attached to an aromatic ring is 4. The molecule has 1 radical (unpaired) electrons. The normalized spacial score (nSPS) is 12.8. The van der Waals surface area contributed by atoms with Gasteiger partial charge in [0.2, 0.25) is 11.8 Å². The second-order valence-electron chi connectivity index (χ2n) is 13.0. The Morgan fingerprint density at radius 2 is 1.17 bits per heavy atom. The monoisotopic (exact) mass is 1090 g/mol. The molecule has 0 bridgehead atoms. The van der Waals surface area contributed by atoms with Crippen LogP contribution >= 0.6 is 76.5 Å². The number of rotatable bonds is 4. The van der Waals surface area contributed by atoms with Gasteiger partial charge in [0, 0.05) is 49.3 Å². The Hall–Kier alpha value is -4.06. The van der Waals surface area contributed by atoms with Crippen molar-refractivity contribution in [1.82, 2.24) is 39.5 Å². The molecule has 60 heavy (non-hydrogen) atoms. The average molecular weight is 1100 g/mol. The average Bonchev–Trinajstić information content (AvgIpc) is 3.88. The summed E-state index contributed by atoms with van der Waals surface area (Å²) in [6.45, 7) is 8.18. The van der Waals surface area contributed by atoms with Crippen molar-refractivity contribution in [2.24, 2.45) is 18.4 Å². The van der Waals surface area contributed by atoms with Gasteiger partial charge in [0.25, 0.3) is 0 Å². The summed E-state index contributed by atoms with van der Waals surface area (Å²) in [5.74, 6) is 2.99. The zero-order chi connectivity index (χ0) is 45.2. The number of pyridine rings is 4. The summed E-state index contributed by atoms with van der Waals surface area (Å²) >= 11 is 16.1. The van der Waals surface area contributed by atoms with Crippen LogP contribution in [-0.4, -0.2) is 79.7 Å². The van der Waals surface area contributed by atoms with Crippen LogP contribution in [-0.2, 0) is 23.4 Å². The van der Waals surface area contributed by atoms with Crippen molar-refractivity contribution in [3.63, 3.8) is 0 Å². The number of nitrogens with two attached hydrogens (primary N) is 4. The van der Waals surface area contributed by atoms with E-state index in [0.29, 0.717) is 35.0 Å². The van der Waals surface area contributed by atoms with Crippen molar-refractivity contribution < 1.29 is 18.8 Å². The number of aromatic nitrogens is 8. The number of aryl methyl sites for hydroxylation is 2. The molecule has 6 aromatic heterocycles. The van der Waals surface area contributed by atoms with Crippen LogP contribution in [0.4, 0.5) is 23.3 Å². The summed E-state index contributed by atoms with van der Waals surface area (Å²) in [6.07, 6.45) is 7.36. The van der Waals surface area contributed by atoms with Crippen LogP contribution in [0.15, 0.2) is 102 Å². The van der Waals surface area contributed by atoms with E-state index in [4.69, 9.17) is 41.7 Å². The predicted octanol–water partition coefficient (Wildman–Crippen LogP) is 7.03. The summed E-state index contributed by atoms with van der Waals surface area (Å²) in [5, 5.41) is 8.21. The second-order valence-corrected chi connectivity index (χ2v) is 16.5. The third-order valence-corrected chi connectivity index (χ3v) is 10.8. The standard InChI is InChI=1S/C10H17BN2O2.C10H12N4O.C6H7BrN2O.C5H4Br2N2.C5H5BrN2.BHNS/c1-9(2)10(3,4)15-11(14-9)8-6-12-13(5)7-8;1-14-6-7(5-12-14)8-3-4-9(11)13-10(8)15-2;1-10-6-4(7)2-3-5(8)9-6;6-3-1-2-4(8)9-5(3)7;6-4-2-1-3-5(7)8-4;1-2-3/h6-7H,1-5H3;3-6H,1-2H3,(H2,11,13);2-3H,1H3,(H2,8,9);1-2H,(H2,8,9);1-3H,(H2,7,8);3H. The van der Waals surface area contributed by atoms with Crippen molar-refractivity contribution in [1.29, 1.82) is 0 Å². The fourth-order valence-electron chi connectivity index (χ4n) is 4.37. The molecule has 7 heterocycles. The molecule has 1 saturated heterocycles. The maximum atomic E-state index is 5.89. The molecule has 1 fully saturated rings. The van der Waals surface area contributed by atoms with Gasteiger partial charge in [0.05, 0.1) is 40.6 Å². The fourth-order valence-corrected chi connectivity index (χ4v) is 5.67. The van der Waals surface area contributed by atoms with Gasteiger partial charge in [-0.05, 0) is 140 Å². The molecule has 0 atom stereocenters. The first-order valence-corrected chi connectivity index (χ1v) is 20.8. The molecule has 0 saturated carbocycles. The van der Waals surface area contributed by atoms with Crippen LogP contribution in [0.1, 0.15) is 27.7 Å². The number of hydrogen-bond acceptors (Lipinski definition) is 16. The molecule has 1 aliphatic rings. The molecule has 1 aliphatic heterocycles. The first-order valence-electron chi connectivity index (χ1n) is 17.3. The Bertz CT molecular complexity index is 2240. The van der Waals surface area contributed by atoms with Crippen molar-refractivity contribution in [3.05, 3.63) is 97.5 Å². The molecule has 6 aromatic rings. The molecule has 0 unspecified atom stereocenters. The molecule has 7 rings (SSSR count). The number of ether oxygens (including phenoxy) is 2. The van der Waals surface area contributed by atoms with E-state index in [1.165, 1.54) is 0 Å². The minimum absolute atomic E-state index is 0.284. The van der Waals surface area contributed by atoms with Gasteiger partial charge in [-0.15, -0.1) is 0 Å². The van der Waals surface area contributed by atoms with E-state index in [1.54, 1.807) is 66.3 Å². The number of methoxy groups -OCH3 is 2. The molecule has 0 spiro atoms. The molecule has 8 N–H and O–H groups in total. The van der Waals surface area contributed by atoms with E-state index >= 15 is 0 Å². The van der Waals surface area contributed by atoms with Gasteiger partial charge in [0.15, 0.2) is 0 Å². The van der Waals surface area contributed by atoms with Gasteiger partial charge in [0.1, 0.15) is 32.5 Å².